The molecule has 0 aliphatic rings. The Kier molecular flexibility index (Phi) is 5.30. The predicted molar refractivity (Wildman–Crippen MR) is 90.5 cm³/mol. The van der Waals surface area contributed by atoms with Crippen LogP contribution in [0.3, 0.4) is 0 Å². The average molecular weight is 316 g/mol. The van der Waals surface area contributed by atoms with E-state index in [1.807, 2.05) is 38.1 Å². The van der Waals surface area contributed by atoms with Crippen molar-refractivity contribution in [3.05, 3.63) is 51.3 Å². The molecule has 2 rings (SSSR count). The van der Waals surface area contributed by atoms with Crippen molar-refractivity contribution >= 4 is 11.6 Å². The summed E-state index contributed by atoms with van der Waals surface area (Å²) >= 11 is 5.92. The quantitative estimate of drug-likeness (QED) is 0.801. The van der Waals surface area contributed by atoms with Crippen molar-refractivity contribution in [3.63, 3.8) is 0 Å². The van der Waals surface area contributed by atoms with Gasteiger partial charge in [0.05, 0.1) is 5.69 Å². The predicted octanol–water partition coefficient (Wildman–Crippen LogP) is 3.90. The van der Waals surface area contributed by atoms with E-state index in [-0.39, 0.29) is 10.6 Å². The zero-order valence-electron chi connectivity index (χ0n) is 12.9. The van der Waals surface area contributed by atoms with Gasteiger partial charge in [-0.3, -0.25) is 4.79 Å². The van der Waals surface area contributed by atoms with E-state index >= 15 is 0 Å². The van der Waals surface area contributed by atoms with Gasteiger partial charge in [0.15, 0.2) is 0 Å². The summed E-state index contributed by atoms with van der Waals surface area (Å²) in [4.78, 5) is 12.1. The summed E-state index contributed by atoms with van der Waals surface area (Å²) in [6, 6.07) is 9.31. The molecule has 0 N–H and O–H groups in total. The van der Waals surface area contributed by atoms with Crippen LogP contribution >= 0.6 is 11.6 Å². The second-order valence-corrected chi connectivity index (χ2v) is 5.22. The molecule has 22 heavy (non-hydrogen) atoms. The van der Waals surface area contributed by atoms with Gasteiger partial charge in [-0.05, 0) is 56.7 Å². The maximum Gasteiger partial charge on any atom is 0.269 e. The molecule has 114 valence electrons. The first-order chi connectivity index (χ1) is 10.6. The summed E-state index contributed by atoms with van der Waals surface area (Å²) in [5.41, 5.74) is 2.71. The van der Waals surface area contributed by atoms with Crippen molar-refractivity contribution in [2.24, 2.45) is 0 Å². The summed E-state index contributed by atoms with van der Waals surface area (Å²) in [5.74, 6) is 6.42. The molecule has 0 saturated carbocycles. The summed E-state index contributed by atoms with van der Waals surface area (Å²) < 4.78 is 7.23. The first kappa shape index (κ1) is 16.2. The third-order valence-electron chi connectivity index (χ3n) is 3.41. The van der Waals surface area contributed by atoms with Crippen molar-refractivity contribution in [1.29, 1.82) is 0 Å². The number of aromatic nitrogens is 1. The van der Waals surface area contributed by atoms with Crippen LogP contribution in [0, 0.1) is 18.8 Å². The van der Waals surface area contributed by atoms with E-state index in [1.165, 1.54) is 0 Å². The number of ether oxygens (including phenoxy) is 1. The Bertz CT molecular complexity index is 797. The number of pyridine rings is 1. The Hall–Kier alpha value is -2.18. The van der Waals surface area contributed by atoms with E-state index < -0.39 is 0 Å². The second-order valence-electron chi connectivity index (χ2n) is 4.81. The number of nitrogens with zero attached hydrogens (tertiary/aromatic N) is 1. The molecule has 1 aromatic carbocycles. The monoisotopic (exact) mass is 315 g/mol. The number of aryl methyl sites for hydroxylation is 1. The minimum atomic E-state index is -0.167. The van der Waals surface area contributed by atoms with Crippen LogP contribution in [0.5, 0.6) is 5.75 Å². The third kappa shape index (κ3) is 3.35. The number of halogens is 1. The molecular weight excluding hydrogens is 298 g/mol. The number of benzene rings is 1. The highest BCUT2D eigenvalue weighted by atomic mass is 35.5. The molecule has 0 spiro atoms. The Balaban J connectivity index is 2.43. The van der Waals surface area contributed by atoms with Crippen LogP contribution in [-0.2, 0) is 6.54 Å². The fraction of sp³-hybridized carbons (Fsp3) is 0.278. The highest BCUT2D eigenvalue weighted by Gasteiger charge is 2.10. The second kappa shape index (κ2) is 7.20. The normalized spacial score (nSPS) is 10.0. The molecule has 3 nitrogen and oxygen atoms in total. The van der Waals surface area contributed by atoms with Gasteiger partial charge in [-0.1, -0.05) is 17.5 Å². The fourth-order valence-corrected chi connectivity index (χ4v) is 2.47. The van der Waals surface area contributed by atoms with Crippen molar-refractivity contribution < 1.29 is 4.74 Å². The van der Waals surface area contributed by atoms with Gasteiger partial charge < -0.3 is 9.30 Å². The number of rotatable bonds is 4. The molecule has 0 atom stereocenters. The molecule has 0 amide bonds. The van der Waals surface area contributed by atoms with Crippen LogP contribution in [0.4, 0.5) is 0 Å². The van der Waals surface area contributed by atoms with Gasteiger partial charge >= 0.3 is 0 Å². The van der Waals surface area contributed by atoms with Gasteiger partial charge in [0.25, 0.3) is 5.56 Å². The maximum atomic E-state index is 12.1. The lowest BCUT2D eigenvalue weighted by Crippen LogP contribution is -2.21. The summed E-state index contributed by atoms with van der Waals surface area (Å²) in [6.45, 7) is 6.64. The van der Waals surface area contributed by atoms with Crippen molar-refractivity contribution in [2.45, 2.75) is 27.3 Å². The van der Waals surface area contributed by atoms with E-state index in [2.05, 4.69) is 11.8 Å². The molecule has 0 fully saturated rings. The van der Waals surface area contributed by atoms with Crippen molar-refractivity contribution in [1.82, 2.24) is 4.57 Å². The minimum absolute atomic E-state index is 0.167. The lowest BCUT2D eigenvalue weighted by atomic mass is 10.0. The molecule has 1 heterocycles. The zero-order chi connectivity index (χ0) is 16.1. The molecule has 0 radical (unpaired) electrons. The largest absolute Gasteiger partial charge is 0.481 e. The smallest absolute Gasteiger partial charge is 0.269 e. The topological polar surface area (TPSA) is 31.2 Å². The van der Waals surface area contributed by atoms with Gasteiger partial charge in [-0.15, -0.1) is 5.92 Å². The van der Waals surface area contributed by atoms with Gasteiger partial charge in [0, 0.05) is 12.1 Å². The Morgan fingerprint density at radius 2 is 2.05 bits per heavy atom. The standard InChI is InChI=1S/C18H18ClNO2/c1-4-6-11-22-14-7-8-15(13(3)12-14)17-10-9-16(19)18(21)20(17)5-2/h7-10,12H,5,11H2,1-3H3. The highest BCUT2D eigenvalue weighted by molar-refractivity contribution is 6.30. The molecule has 0 unspecified atom stereocenters. The van der Waals surface area contributed by atoms with Crippen LogP contribution in [-0.4, -0.2) is 11.2 Å². The molecule has 4 heteroatoms. The summed E-state index contributed by atoms with van der Waals surface area (Å²) in [6.07, 6.45) is 0. The lowest BCUT2D eigenvalue weighted by Gasteiger charge is -2.14. The van der Waals surface area contributed by atoms with Gasteiger partial charge in [0.2, 0.25) is 0 Å². The van der Waals surface area contributed by atoms with Crippen LogP contribution in [0.2, 0.25) is 5.02 Å². The average Bonchev–Trinajstić information content (AvgIpc) is 2.51. The van der Waals surface area contributed by atoms with Crippen molar-refractivity contribution in [3.8, 4) is 28.8 Å². The molecular formula is C18H18ClNO2. The molecule has 2 aromatic rings. The van der Waals surface area contributed by atoms with E-state index in [0.717, 1.165) is 22.6 Å². The molecule has 0 saturated heterocycles. The maximum absolute atomic E-state index is 12.1. The Morgan fingerprint density at radius 1 is 1.27 bits per heavy atom. The van der Waals surface area contributed by atoms with Crippen LogP contribution < -0.4 is 10.3 Å². The first-order valence-corrected chi connectivity index (χ1v) is 7.49. The van der Waals surface area contributed by atoms with Crippen LogP contribution in [0.25, 0.3) is 11.3 Å². The molecule has 0 bridgehead atoms. The van der Waals surface area contributed by atoms with Crippen LogP contribution in [0.15, 0.2) is 35.1 Å². The SMILES string of the molecule is CC#CCOc1ccc(-c2ccc(Cl)c(=O)n2CC)c(C)c1. The third-order valence-corrected chi connectivity index (χ3v) is 3.69. The molecule has 1 aromatic heterocycles. The van der Waals surface area contributed by atoms with E-state index in [9.17, 15) is 4.79 Å². The Morgan fingerprint density at radius 3 is 2.68 bits per heavy atom. The summed E-state index contributed by atoms with van der Waals surface area (Å²) in [5, 5.41) is 0.237. The lowest BCUT2D eigenvalue weighted by molar-refractivity contribution is 0.370. The van der Waals surface area contributed by atoms with Gasteiger partial charge in [0.1, 0.15) is 17.4 Å². The minimum Gasteiger partial charge on any atom is -0.481 e. The van der Waals surface area contributed by atoms with Crippen LogP contribution in [0.1, 0.15) is 19.4 Å². The number of hydrogen-bond donors (Lipinski definition) is 0. The van der Waals surface area contributed by atoms with E-state index in [1.54, 1.807) is 17.6 Å². The first-order valence-electron chi connectivity index (χ1n) is 7.11. The van der Waals surface area contributed by atoms with Gasteiger partial charge in [-0.2, -0.15) is 0 Å². The van der Waals surface area contributed by atoms with E-state index in [0.29, 0.717) is 13.2 Å². The molecule has 0 aliphatic heterocycles. The number of hydrogen-bond acceptors (Lipinski definition) is 2. The van der Waals surface area contributed by atoms with E-state index in [4.69, 9.17) is 16.3 Å². The zero-order valence-corrected chi connectivity index (χ0v) is 13.7. The van der Waals surface area contributed by atoms with Crippen molar-refractivity contribution in [2.75, 3.05) is 6.61 Å². The highest BCUT2D eigenvalue weighted by Crippen LogP contribution is 2.27. The molecule has 0 aliphatic carbocycles. The fourth-order valence-electron chi connectivity index (χ4n) is 2.31. The summed E-state index contributed by atoms with van der Waals surface area (Å²) in [7, 11) is 0. The van der Waals surface area contributed by atoms with Gasteiger partial charge in [-0.25, -0.2) is 0 Å². The Labute approximate surface area is 135 Å².